The summed E-state index contributed by atoms with van der Waals surface area (Å²) in [5.41, 5.74) is 6.88. The minimum atomic E-state index is 1.02. The molecule has 3 rings (SSSR count). The largest absolute Gasteiger partial charge is 0.253 e. The summed E-state index contributed by atoms with van der Waals surface area (Å²) >= 11 is 0. The van der Waals surface area contributed by atoms with Crippen LogP contribution < -0.4 is 0 Å². The lowest BCUT2D eigenvalue weighted by molar-refractivity contribution is 1.15. The van der Waals surface area contributed by atoms with Gasteiger partial charge < -0.3 is 0 Å². The fraction of sp³-hybridized carbons (Fsp3) is 0.0952. The van der Waals surface area contributed by atoms with E-state index in [9.17, 15) is 0 Å². The molecule has 0 radical (unpaired) electrons. The maximum absolute atomic E-state index is 4.72. The van der Waals surface area contributed by atoms with E-state index < -0.39 is 0 Å². The third-order valence-corrected chi connectivity index (χ3v) is 3.84. The zero-order valence-electron chi connectivity index (χ0n) is 13.0. The second-order valence-electron chi connectivity index (χ2n) is 5.43. The number of aromatic nitrogens is 1. The maximum Gasteiger partial charge on any atom is 0.0711 e. The van der Waals surface area contributed by atoms with Crippen LogP contribution in [0, 0.1) is 13.8 Å². The summed E-state index contributed by atoms with van der Waals surface area (Å²) in [5.74, 6) is 0. The number of hydrogen-bond donors (Lipinski definition) is 0. The molecule has 0 N–H and O–H groups in total. The van der Waals surface area contributed by atoms with Crippen molar-refractivity contribution < 1.29 is 0 Å². The number of rotatable bonds is 3. The molecule has 0 unspecified atom stereocenters. The molecule has 0 saturated carbocycles. The van der Waals surface area contributed by atoms with Gasteiger partial charge in [-0.1, -0.05) is 72.8 Å². The first-order valence-electron chi connectivity index (χ1n) is 7.51. The van der Waals surface area contributed by atoms with Crippen LogP contribution in [0.25, 0.3) is 23.4 Å². The third-order valence-electron chi connectivity index (χ3n) is 3.84. The van der Waals surface area contributed by atoms with Crippen molar-refractivity contribution in [3.05, 3.63) is 89.1 Å². The van der Waals surface area contributed by atoms with E-state index in [1.165, 1.54) is 16.7 Å². The summed E-state index contributed by atoms with van der Waals surface area (Å²) in [6, 6.07) is 23.0. The van der Waals surface area contributed by atoms with Crippen molar-refractivity contribution in [3.8, 4) is 11.3 Å². The summed E-state index contributed by atoms with van der Waals surface area (Å²) in [6.07, 6.45) is 4.29. The fourth-order valence-corrected chi connectivity index (χ4v) is 2.41. The van der Waals surface area contributed by atoms with Crippen LogP contribution in [0.5, 0.6) is 0 Å². The molecule has 2 aromatic carbocycles. The zero-order valence-corrected chi connectivity index (χ0v) is 13.0. The Bertz CT molecular complexity index is 801. The molecule has 0 bridgehead atoms. The molecule has 0 aliphatic carbocycles. The first-order chi connectivity index (χ1) is 10.7. The Morgan fingerprint density at radius 3 is 2.23 bits per heavy atom. The molecule has 0 amide bonds. The van der Waals surface area contributed by atoms with Crippen molar-refractivity contribution in [3.63, 3.8) is 0 Å². The summed E-state index contributed by atoms with van der Waals surface area (Å²) in [5, 5.41) is 0. The van der Waals surface area contributed by atoms with Crippen LogP contribution in [0.1, 0.15) is 22.4 Å². The summed E-state index contributed by atoms with van der Waals surface area (Å²) in [6.45, 7) is 4.15. The van der Waals surface area contributed by atoms with Crippen molar-refractivity contribution in [1.82, 2.24) is 4.98 Å². The van der Waals surface area contributed by atoms with Gasteiger partial charge in [0, 0.05) is 11.3 Å². The minimum absolute atomic E-state index is 1.02. The Labute approximate surface area is 132 Å². The van der Waals surface area contributed by atoms with Gasteiger partial charge in [-0.15, -0.1) is 0 Å². The Hall–Kier alpha value is -2.67. The highest BCUT2D eigenvalue weighted by Gasteiger charge is 2.05. The molecule has 0 saturated heterocycles. The van der Waals surface area contributed by atoms with E-state index in [1.54, 1.807) is 0 Å². The predicted molar refractivity (Wildman–Crippen MR) is 94.5 cm³/mol. The van der Waals surface area contributed by atoms with E-state index in [1.807, 2.05) is 6.07 Å². The first-order valence-corrected chi connectivity index (χ1v) is 7.51. The van der Waals surface area contributed by atoms with Crippen molar-refractivity contribution in [2.45, 2.75) is 13.8 Å². The molecule has 1 heteroatoms. The second-order valence-corrected chi connectivity index (χ2v) is 5.43. The first kappa shape index (κ1) is 14.3. The maximum atomic E-state index is 4.72. The van der Waals surface area contributed by atoms with E-state index in [2.05, 4.69) is 86.7 Å². The van der Waals surface area contributed by atoms with Gasteiger partial charge in [-0.3, -0.25) is 4.98 Å². The Kier molecular flexibility index (Phi) is 4.15. The van der Waals surface area contributed by atoms with Gasteiger partial charge >= 0.3 is 0 Å². The van der Waals surface area contributed by atoms with E-state index >= 15 is 0 Å². The van der Waals surface area contributed by atoms with Crippen LogP contribution in [0.15, 0.2) is 66.7 Å². The highest BCUT2D eigenvalue weighted by molar-refractivity contribution is 5.79. The Balaban J connectivity index is 1.99. The zero-order chi connectivity index (χ0) is 15.4. The molecule has 108 valence electrons. The number of aryl methyl sites for hydroxylation is 2. The molecule has 3 aromatic rings. The SMILES string of the molecule is Cc1ccc(-c2ccccc2/C=C/c2ccccc2)nc1C. The monoisotopic (exact) mass is 285 g/mol. The average molecular weight is 285 g/mol. The standard InChI is InChI=1S/C21H19N/c1-16-12-15-21(22-17(16)2)20-11-7-6-10-19(20)14-13-18-8-4-3-5-9-18/h3-15H,1-2H3/b14-13+. The highest BCUT2D eigenvalue weighted by Crippen LogP contribution is 2.24. The quantitative estimate of drug-likeness (QED) is 0.576. The van der Waals surface area contributed by atoms with Gasteiger partial charge in [-0.2, -0.15) is 0 Å². The smallest absolute Gasteiger partial charge is 0.0711 e. The fourth-order valence-electron chi connectivity index (χ4n) is 2.41. The van der Waals surface area contributed by atoms with Gasteiger partial charge in [0.2, 0.25) is 0 Å². The van der Waals surface area contributed by atoms with Crippen LogP contribution in [-0.2, 0) is 0 Å². The number of nitrogens with zero attached hydrogens (tertiary/aromatic N) is 1. The van der Waals surface area contributed by atoms with Gasteiger partial charge in [0.1, 0.15) is 0 Å². The van der Waals surface area contributed by atoms with E-state index in [0.29, 0.717) is 0 Å². The molecule has 0 fully saturated rings. The molecular formula is C21H19N. The van der Waals surface area contributed by atoms with E-state index in [0.717, 1.165) is 17.0 Å². The molecule has 0 spiro atoms. The van der Waals surface area contributed by atoms with Crippen molar-refractivity contribution in [2.75, 3.05) is 0 Å². The second kappa shape index (κ2) is 6.40. The number of benzene rings is 2. The van der Waals surface area contributed by atoms with E-state index in [-0.39, 0.29) is 0 Å². The van der Waals surface area contributed by atoms with Gasteiger partial charge in [-0.25, -0.2) is 0 Å². The lowest BCUT2D eigenvalue weighted by Crippen LogP contribution is -1.91. The normalized spacial score (nSPS) is 11.0. The molecule has 0 atom stereocenters. The Morgan fingerprint density at radius 2 is 1.45 bits per heavy atom. The van der Waals surface area contributed by atoms with Crippen LogP contribution in [0.2, 0.25) is 0 Å². The molecule has 0 aliphatic rings. The molecule has 22 heavy (non-hydrogen) atoms. The molecule has 1 nitrogen and oxygen atoms in total. The summed E-state index contributed by atoms with van der Waals surface area (Å²) < 4.78 is 0. The molecule has 1 heterocycles. The topological polar surface area (TPSA) is 12.9 Å². The van der Waals surface area contributed by atoms with Crippen LogP contribution in [0.4, 0.5) is 0 Å². The molecular weight excluding hydrogens is 266 g/mol. The van der Waals surface area contributed by atoms with Gasteiger partial charge in [0.15, 0.2) is 0 Å². The number of hydrogen-bond acceptors (Lipinski definition) is 1. The van der Waals surface area contributed by atoms with Crippen molar-refractivity contribution in [2.24, 2.45) is 0 Å². The third kappa shape index (κ3) is 3.15. The highest BCUT2D eigenvalue weighted by atomic mass is 14.7. The molecule has 0 aliphatic heterocycles. The molecule has 1 aromatic heterocycles. The summed E-state index contributed by atoms with van der Waals surface area (Å²) in [4.78, 5) is 4.72. The van der Waals surface area contributed by atoms with Crippen LogP contribution in [0.3, 0.4) is 0 Å². The van der Waals surface area contributed by atoms with Crippen LogP contribution >= 0.6 is 0 Å². The van der Waals surface area contributed by atoms with Gasteiger partial charge in [0.05, 0.1) is 5.69 Å². The van der Waals surface area contributed by atoms with Crippen molar-refractivity contribution >= 4 is 12.2 Å². The van der Waals surface area contributed by atoms with E-state index in [4.69, 9.17) is 4.98 Å². The van der Waals surface area contributed by atoms with Gasteiger partial charge in [-0.05, 0) is 36.6 Å². The summed E-state index contributed by atoms with van der Waals surface area (Å²) in [7, 11) is 0. The lowest BCUT2D eigenvalue weighted by atomic mass is 10.0. The minimum Gasteiger partial charge on any atom is -0.253 e. The number of pyridine rings is 1. The average Bonchev–Trinajstić information content (AvgIpc) is 2.57. The lowest BCUT2D eigenvalue weighted by Gasteiger charge is -2.08. The predicted octanol–water partition coefficient (Wildman–Crippen LogP) is 5.54. The van der Waals surface area contributed by atoms with Gasteiger partial charge in [0.25, 0.3) is 0 Å². The van der Waals surface area contributed by atoms with Crippen molar-refractivity contribution in [1.29, 1.82) is 0 Å². The Morgan fingerprint density at radius 1 is 0.727 bits per heavy atom. The van der Waals surface area contributed by atoms with Crippen LogP contribution in [-0.4, -0.2) is 4.98 Å².